The molecule has 2 heteroatoms. The van der Waals surface area contributed by atoms with Crippen LogP contribution in [-0.2, 0) is 4.74 Å². The van der Waals surface area contributed by atoms with Crippen molar-refractivity contribution in [3.05, 3.63) is 42.0 Å². The average Bonchev–Trinajstić information content (AvgIpc) is 2.38. The number of allylic oxidation sites excluding steroid dienone is 1. The van der Waals surface area contributed by atoms with Crippen molar-refractivity contribution < 1.29 is 4.74 Å². The van der Waals surface area contributed by atoms with Crippen molar-refractivity contribution in [3.8, 4) is 0 Å². The third kappa shape index (κ3) is 3.63. The molecule has 0 spiro atoms. The standard InChI is InChI=1S/C16H22OS/c1-13-6-8-15(9-7-13)18-12-14-5-4-10-16(2,11-14)17-3/h4-9,14H,10-12H2,1-3H3/t14-,16-/m0/s1. The van der Waals surface area contributed by atoms with Gasteiger partial charge in [-0.15, -0.1) is 11.8 Å². The summed E-state index contributed by atoms with van der Waals surface area (Å²) in [4.78, 5) is 1.36. The van der Waals surface area contributed by atoms with Gasteiger partial charge in [-0.25, -0.2) is 0 Å². The van der Waals surface area contributed by atoms with Crippen molar-refractivity contribution in [1.82, 2.24) is 0 Å². The monoisotopic (exact) mass is 262 g/mol. The summed E-state index contributed by atoms with van der Waals surface area (Å²) in [5.41, 5.74) is 1.36. The van der Waals surface area contributed by atoms with Crippen LogP contribution in [0, 0.1) is 12.8 Å². The SMILES string of the molecule is CO[C@@]1(C)CC=C[C@H](CSc2ccc(C)cc2)C1. The van der Waals surface area contributed by atoms with E-state index in [2.05, 4.69) is 50.3 Å². The molecule has 1 nitrogen and oxygen atoms in total. The second-order valence-corrected chi connectivity index (χ2v) is 6.47. The van der Waals surface area contributed by atoms with Crippen molar-refractivity contribution in [2.75, 3.05) is 12.9 Å². The molecule has 0 fully saturated rings. The Hall–Kier alpha value is -0.730. The van der Waals surface area contributed by atoms with Gasteiger partial charge in [-0.1, -0.05) is 29.8 Å². The van der Waals surface area contributed by atoms with Gasteiger partial charge in [-0.05, 0) is 44.7 Å². The number of hydrogen-bond acceptors (Lipinski definition) is 2. The minimum atomic E-state index is 0.0350. The smallest absolute Gasteiger partial charge is 0.0690 e. The molecule has 0 bridgehead atoms. The first-order valence-electron chi connectivity index (χ1n) is 6.53. The maximum atomic E-state index is 5.62. The normalized spacial score (nSPS) is 27.4. The van der Waals surface area contributed by atoms with Crippen LogP contribution in [0.4, 0.5) is 0 Å². The summed E-state index contributed by atoms with van der Waals surface area (Å²) in [5, 5.41) is 0. The fourth-order valence-corrected chi connectivity index (χ4v) is 3.30. The highest BCUT2D eigenvalue weighted by molar-refractivity contribution is 7.99. The summed E-state index contributed by atoms with van der Waals surface area (Å²) < 4.78 is 5.62. The molecular weight excluding hydrogens is 240 g/mol. The lowest BCUT2D eigenvalue weighted by atomic mass is 9.85. The fourth-order valence-electron chi connectivity index (χ4n) is 2.33. The van der Waals surface area contributed by atoms with Crippen LogP contribution in [0.15, 0.2) is 41.3 Å². The zero-order valence-electron chi connectivity index (χ0n) is 11.5. The first-order valence-corrected chi connectivity index (χ1v) is 7.51. The fraction of sp³-hybridized carbons (Fsp3) is 0.500. The summed E-state index contributed by atoms with van der Waals surface area (Å²) in [6.07, 6.45) is 6.78. The van der Waals surface area contributed by atoms with E-state index in [0.29, 0.717) is 5.92 Å². The Kier molecular flexibility index (Phi) is 4.52. The third-order valence-corrected chi connectivity index (χ3v) is 4.83. The zero-order chi connectivity index (χ0) is 13.0. The van der Waals surface area contributed by atoms with E-state index in [9.17, 15) is 0 Å². The van der Waals surface area contributed by atoms with E-state index in [0.717, 1.165) is 18.6 Å². The molecule has 2 rings (SSSR count). The molecule has 0 unspecified atom stereocenters. The number of thioether (sulfide) groups is 1. The van der Waals surface area contributed by atoms with E-state index < -0.39 is 0 Å². The molecule has 0 aromatic heterocycles. The molecule has 1 aromatic carbocycles. The molecule has 1 aliphatic rings. The summed E-state index contributed by atoms with van der Waals surface area (Å²) in [7, 11) is 1.82. The number of hydrogen-bond donors (Lipinski definition) is 0. The van der Waals surface area contributed by atoms with Crippen LogP contribution >= 0.6 is 11.8 Å². The van der Waals surface area contributed by atoms with Crippen LogP contribution in [0.5, 0.6) is 0 Å². The summed E-state index contributed by atoms with van der Waals surface area (Å²) in [6.45, 7) is 4.34. The first-order chi connectivity index (χ1) is 8.61. The molecule has 1 aliphatic carbocycles. The molecule has 1 aromatic rings. The van der Waals surface area contributed by atoms with Gasteiger partial charge in [0.15, 0.2) is 0 Å². The Morgan fingerprint density at radius 3 is 2.72 bits per heavy atom. The zero-order valence-corrected chi connectivity index (χ0v) is 12.3. The Morgan fingerprint density at radius 1 is 1.33 bits per heavy atom. The van der Waals surface area contributed by atoms with Crippen LogP contribution in [0.3, 0.4) is 0 Å². The quantitative estimate of drug-likeness (QED) is 0.585. The summed E-state index contributed by atoms with van der Waals surface area (Å²) in [6, 6.07) is 8.78. The molecule has 0 saturated carbocycles. The van der Waals surface area contributed by atoms with Gasteiger partial charge < -0.3 is 4.74 Å². The van der Waals surface area contributed by atoms with Crippen LogP contribution in [0.1, 0.15) is 25.3 Å². The van der Waals surface area contributed by atoms with Crippen LogP contribution in [0.25, 0.3) is 0 Å². The number of benzene rings is 1. The summed E-state index contributed by atoms with van der Waals surface area (Å²) in [5.74, 6) is 1.76. The molecule has 98 valence electrons. The molecule has 0 amide bonds. The number of rotatable bonds is 4. The van der Waals surface area contributed by atoms with Gasteiger partial charge in [0.05, 0.1) is 5.60 Å². The van der Waals surface area contributed by atoms with Gasteiger partial charge in [0.25, 0.3) is 0 Å². The predicted molar refractivity (Wildman–Crippen MR) is 79.2 cm³/mol. The number of aryl methyl sites for hydroxylation is 1. The molecule has 0 N–H and O–H groups in total. The lowest BCUT2D eigenvalue weighted by molar-refractivity contribution is -0.00933. The molecule has 18 heavy (non-hydrogen) atoms. The van der Waals surface area contributed by atoms with Gasteiger partial charge in [0.1, 0.15) is 0 Å². The van der Waals surface area contributed by atoms with Crippen LogP contribution < -0.4 is 0 Å². The van der Waals surface area contributed by atoms with Gasteiger partial charge in [-0.2, -0.15) is 0 Å². The second kappa shape index (κ2) is 5.94. The van der Waals surface area contributed by atoms with Crippen LogP contribution in [-0.4, -0.2) is 18.5 Å². The second-order valence-electron chi connectivity index (χ2n) is 5.37. The minimum absolute atomic E-state index is 0.0350. The van der Waals surface area contributed by atoms with E-state index in [1.165, 1.54) is 10.5 Å². The molecule has 0 radical (unpaired) electrons. The van der Waals surface area contributed by atoms with Crippen molar-refractivity contribution in [2.24, 2.45) is 5.92 Å². The van der Waals surface area contributed by atoms with E-state index in [1.807, 2.05) is 18.9 Å². The first kappa shape index (κ1) is 13.7. The Labute approximate surface area is 115 Å². The maximum Gasteiger partial charge on any atom is 0.0690 e. The van der Waals surface area contributed by atoms with E-state index >= 15 is 0 Å². The van der Waals surface area contributed by atoms with Crippen LogP contribution in [0.2, 0.25) is 0 Å². The largest absolute Gasteiger partial charge is 0.378 e. The lowest BCUT2D eigenvalue weighted by Gasteiger charge is -2.33. The minimum Gasteiger partial charge on any atom is -0.378 e. The highest BCUT2D eigenvalue weighted by atomic mass is 32.2. The number of methoxy groups -OCH3 is 1. The van der Waals surface area contributed by atoms with Gasteiger partial charge in [-0.3, -0.25) is 0 Å². The van der Waals surface area contributed by atoms with Gasteiger partial charge in [0, 0.05) is 17.8 Å². The molecular formula is C16H22OS. The molecule has 0 saturated heterocycles. The highest BCUT2D eigenvalue weighted by Gasteiger charge is 2.28. The third-order valence-electron chi connectivity index (χ3n) is 3.63. The number of ether oxygens (including phenoxy) is 1. The van der Waals surface area contributed by atoms with E-state index in [1.54, 1.807) is 0 Å². The van der Waals surface area contributed by atoms with Crippen molar-refractivity contribution in [1.29, 1.82) is 0 Å². The Morgan fingerprint density at radius 2 is 2.06 bits per heavy atom. The molecule has 0 heterocycles. The lowest BCUT2D eigenvalue weighted by Crippen LogP contribution is -2.32. The van der Waals surface area contributed by atoms with Crippen molar-refractivity contribution in [2.45, 2.75) is 37.2 Å². The van der Waals surface area contributed by atoms with E-state index in [4.69, 9.17) is 4.74 Å². The predicted octanol–water partition coefficient (Wildman–Crippen LogP) is 4.46. The Bertz CT molecular complexity index is 410. The topological polar surface area (TPSA) is 9.23 Å². The molecule has 2 atom stereocenters. The maximum absolute atomic E-state index is 5.62. The highest BCUT2D eigenvalue weighted by Crippen LogP contribution is 2.33. The van der Waals surface area contributed by atoms with Gasteiger partial charge >= 0.3 is 0 Å². The average molecular weight is 262 g/mol. The van der Waals surface area contributed by atoms with Crippen molar-refractivity contribution in [3.63, 3.8) is 0 Å². The molecule has 0 aliphatic heterocycles. The van der Waals surface area contributed by atoms with Gasteiger partial charge in [0.2, 0.25) is 0 Å². The van der Waals surface area contributed by atoms with Crippen molar-refractivity contribution >= 4 is 11.8 Å². The van der Waals surface area contributed by atoms with E-state index in [-0.39, 0.29) is 5.60 Å². The Balaban J connectivity index is 1.89. The summed E-state index contributed by atoms with van der Waals surface area (Å²) >= 11 is 1.94.